The highest BCUT2D eigenvalue weighted by Gasteiger charge is 2.25. The zero-order chi connectivity index (χ0) is 15.4. The number of aliphatic hydroxyl groups is 1. The molecule has 3 heteroatoms. The predicted molar refractivity (Wildman–Crippen MR) is 84.5 cm³/mol. The van der Waals surface area contributed by atoms with Crippen molar-refractivity contribution in [2.24, 2.45) is 5.92 Å². The predicted octanol–water partition coefficient (Wildman–Crippen LogP) is 3.24. The van der Waals surface area contributed by atoms with E-state index in [9.17, 15) is 5.11 Å². The molecule has 0 aromatic heterocycles. The summed E-state index contributed by atoms with van der Waals surface area (Å²) in [5.74, 6) is 1.17. The van der Waals surface area contributed by atoms with Crippen LogP contribution in [0.2, 0.25) is 0 Å². The smallest absolute Gasteiger partial charge is 0.122 e. The summed E-state index contributed by atoms with van der Waals surface area (Å²) in [7, 11) is 4.14. The van der Waals surface area contributed by atoms with Gasteiger partial charge in [-0.3, -0.25) is 0 Å². The van der Waals surface area contributed by atoms with E-state index in [0.29, 0.717) is 6.61 Å². The second-order valence-corrected chi connectivity index (χ2v) is 5.86. The molecule has 1 rings (SSSR count). The Bertz CT molecular complexity index is 455. The van der Waals surface area contributed by atoms with Crippen molar-refractivity contribution in [1.82, 2.24) is 4.90 Å². The van der Waals surface area contributed by atoms with Gasteiger partial charge < -0.3 is 14.7 Å². The average molecular weight is 279 g/mol. The van der Waals surface area contributed by atoms with E-state index in [4.69, 9.17) is 4.74 Å². The molecule has 1 aromatic carbocycles. The van der Waals surface area contributed by atoms with Crippen molar-refractivity contribution in [2.75, 3.05) is 27.3 Å². The Morgan fingerprint density at radius 3 is 2.25 bits per heavy atom. The van der Waals surface area contributed by atoms with Gasteiger partial charge in [-0.2, -0.15) is 0 Å². The average Bonchev–Trinajstić information content (AvgIpc) is 2.39. The van der Waals surface area contributed by atoms with Crippen LogP contribution < -0.4 is 4.74 Å². The Hall–Kier alpha value is -1.06. The standard InChI is InChI=1S/C17H29NO2/c1-8-20-15-9-11(2)16(14(5)13(15)4)17(18(6)7)12(3)10-19/h9,12,17,19H,8,10H2,1-7H3. The molecule has 2 unspecified atom stereocenters. The molecule has 3 nitrogen and oxygen atoms in total. The van der Waals surface area contributed by atoms with Crippen LogP contribution in [0.1, 0.15) is 42.1 Å². The van der Waals surface area contributed by atoms with E-state index in [2.05, 4.69) is 52.8 Å². The monoisotopic (exact) mass is 279 g/mol. The van der Waals surface area contributed by atoms with Crippen molar-refractivity contribution in [2.45, 2.75) is 40.7 Å². The summed E-state index contributed by atoms with van der Waals surface area (Å²) < 4.78 is 5.72. The first-order valence-corrected chi connectivity index (χ1v) is 7.35. The first-order chi connectivity index (χ1) is 9.34. The molecule has 20 heavy (non-hydrogen) atoms. The highest BCUT2D eigenvalue weighted by molar-refractivity contribution is 5.49. The van der Waals surface area contributed by atoms with Crippen LogP contribution in [-0.2, 0) is 0 Å². The minimum Gasteiger partial charge on any atom is -0.494 e. The number of ether oxygens (including phenoxy) is 1. The first-order valence-electron chi connectivity index (χ1n) is 7.35. The number of nitrogens with zero attached hydrogens (tertiary/aromatic N) is 1. The molecular weight excluding hydrogens is 250 g/mol. The highest BCUT2D eigenvalue weighted by Crippen LogP contribution is 2.36. The Morgan fingerprint density at radius 2 is 1.80 bits per heavy atom. The SMILES string of the molecule is CCOc1cc(C)c(C(C(C)CO)N(C)C)c(C)c1C. The molecule has 114 valence electrons. The molecule has 0 saturated heterocycles. The lowest BCUT2D eigenvalue weighted by atomic mass is 9.86. The Morgan fingerprint density at radius 1 is 1.20 bits per heavy atom. The van der Waals surface area contributed by atoms with Gasteiger partial charge in [-0.15, -0.1) is 0 Å². The molecule has 0 aliphatic carbocycles. The maximum Gasteiger partial charge on any atom is 0.122 e. The van der Waals surface area contributed by atoms with Crippen molar-refractivity contribution in [1.29, 1.82) is 0 Å². The van der Waals surface area contributed by atoms with Crippen LogP contribution in [0.3, 0.4) is 0 Å². The van der Waals surface area contributed by atoms with Gasteiger partial charge in [-0.1, -0.05) is 6.92 Å². The van der Waals surface area contributed by atoms with Crippen molar-refractivity contribution in [3.63, 3.8) is 0 Å². The van der Waals surface area contributed by atoms with Crippen LogP contribution in [-0.4, -0.2) is 37.3 Å². The van der Waals surface area contributed by atoms with E-state index in [-0.39, 0.29) is 18.6 Å². The highest BCUT2D eigenvalue weighted by atomic mass is 16.5. The van der Waals surface area contributed by atoms with Crippen LogP contribution in [0.4, 0.5) is 0 Å². The number of aryl methyl sites for hydroxylation is 1. The lowest BCUT2D eigenvalue weighted by molar-refractivity contribution is 0.145. The van der Waals surface area contributed by atoms with E-state index in [1.807, 2.05) is 6.92 Å². The Balaban J connectivity index is 3.40. The Labute approximate surface area is 123 Å². The molecule has 0 heterocycles. The van der Waals surface area contributed by atoms with E-state index < -0.39 is 0 Å². The number of rotatable bonds is 6. The van der Waals surface area contributed by atoms with Gasteiger partial charge in [0, 0.05) is 12.6 Å². The fraction of sp³-hybridized carbons (Fsp3) is 0.647. The number of benzene rings is 1. The maximum absolute atomic E-state index is 9.55. The molecule has 0 spiro atoms. The summed E-state index contributed by atoms with van der Waals surface area (Å²) in [6, 6.07) is 2.34. The quantitative estimate of drug-likeness (QED) is 0.867. The van der Waals surface area contributed by atoms with Crippen molar-refractivity contribution in [3.05, 3.63) is 28.3 Å². The van der Waals surface area contributed by atoms with Crippen LogP contribution >= 0.6 is 0 Å². The summed E-state index contributed by atoms with van der Waals surface area (Å²) in [5.41, 5.74) is 5.02. The molecule has 0 bridgehead atoms. The van der Waals surface area contributed by atoms with Gasteiger partial charge in [0.2, 0.25) is 0 Å². The lowest BCUT2D eigenvalue weighted by Crippen LogP contribution is -2.29. The van der Waals surface area contributed by atoms with Gasteiger partial charge in [0.1, 0.15) is 5.75 Å². The molecule has 0 aliphatic heterocycles. The van der Waals surface area contributed by atoms with Crippen LogP contribution in [0, 0.1) is 26.7 Å². The lowest BCUT2D eigenvalue weighted by Gasteiger charge is -2.33. The van der Waals surface area contributed by atoms with E-state index in [1.165, 1.54) is 22.3 Å². The molecular formula is C17H29NO2. The summed E-state index contributed by atoms with van der Waals surface area (Å²) in [5, 5.41) is 9.55. The number of hydrogen-bond acceptors (Lipinski definition) is 3. The van der Waals surface area contributed by atoms with E-state index in [0.717, 1.165) is 5.75 Å². The molecule has 0 fully saturated rings. The van der Waals surface area contributed by atoms with Crippen LogP contribution in [0.15, 0.2) is 6.07 Å². The van der Waals surface area contributed by atoms with Crippen molar-refractivity contribution >= 4 is 0 Å². The topological polar surface area (TPSA) is 32.7 Å². The second-order valence-electron chi connectivity index (χ2n) is 5.86. The molecule has 0 aliphatic rings. The van der Waals surface area contributed by atoms with Gasteiger partial charge in [-0.05, 0) is 76.0 Å². The van der Waals surface area contributed by atoms with Gasteiger partial charge in [-0.25, -0.2) is 0 Å². The molecule has 0 radical (unpaired) electrons. The fourth-order valence-corrected chi connectivity index (χ4v) is 2.98. The van der Waals surface area contributed by atoms with Crippen molar-refractivity contribution < 1.29 is 9.84 Å². The summed E-state index contributed by atoms with van der Waals surface area (Å²) in [6.07, 6.45) is 0. The molecule has 2 atom stereocenters. The second kappa shape index (κ2) is 7.09. The Kier molecular flexibility index (Phi) is 6.03. The van der Waals surface area contributed by atoms with Gasteiger partial charge in [0.25, 0.3) is 0 Å². The van der Waals surface area contributed by atoms with E-state index in [1.54, 1.807) is 0 Å². The summed E-state index contributed by atoms with van der Waals surface area (Å²) in [4.78, 5) is 2.19. The minimum absolute atomic E-state index is 0.188. The summed E-state index contributed by atoms with van der Waals surface area (Å²) in [6.45, 7) is 11.4. The third-order valence-corrected chi connectivity index (χ3v) is 4.09. The molecule has 1 aromatic rings. The normalized spacial score (nSPS) is 14.4. The van der Waals surface area contributed by atoms with Crippen LogP contribution in [0.5, 0.6) is 5.75 Å². The zero-order valence-electron chi connectivity index (χ0n) is 13.9. The van der Waals surface area contributed by atoms with Gasteiger partial charge in [0.15, 0.2) is 0 Å². The third kappa shape index (κ3) is 3.33. The molecule has 0 saturated carbocycles. The minimum atomic E-state index is 0.188. The van der Waals surface area contributed by atoms with Gasteiger partial charge >= 0.3 is 0 Å². The van der Waals surface area contributed by atoms with Crippen molar-refractivity contribution in [3.8, 4) is 5.75 Å². The first kappa shape index (κ1) is 17.0. The zero-order valence-corrected chi connectivity index (χ0v) is 13.9. The summed E-state index contributed by atoms with van der Waals surface area (Å²) >= 11 is 0. The third-order valence-electron chi connectivity index (χ3n) is 4.09. The maximum atomic E-state index is 9.55. The van der Waals surface area contributed by atoms with Gasteiger partial charge in [0.05, 0.1) is 6.61 Å². The molecule has 1 N–H and O–H groups in total. The molecule has 0 amide bonds. The number of hydrogen-bond donors (Lipinski definition) is 1. The largest absolute Gasteiger partial charge is 0.494 e. The van der Waals surface area contributed by atoms with E-state index >= 15 is 0 Å². The number of aliphatic hydroxyl groups excluding tert-OH is 1. The fourth-order valence-electron chi connectivity index (χ4n) is 2.98. The van der Waals surface area contributed by atoms with Crippen LogP contribution in [0.25, 0.3) is 0 Å².